The van der Waals surface area contributed by atoms with Gasteiger partial charge in [-0.1, -0.05) is 24.3 Å². The number of halogens is 1. The van der Waals surface area contributed by atoms with Crippen molar-refractivity contribution < 1.29 is 22.9 Å². The van der Waals surface area contributed by atoms with Crippen LogP contribution in [-0.4, -0.2) is 23.0 Å². The number of fused-ring (bicyclic) bond motifs is 1. The van der Waals surface area contributed by atoms with Crippen molar-refractivity contribution in [2.75, 3.05) is 11.8 Å². The topological polar surface area (TPSA) is 84.5 Å². The molecule has 0 aliphatic carbocycles. The van der Waals surface area contributed by atoms with Crippen LogP contribution in [0.3, 0.4) is 0 Å². The first-order valence-electron chi connectivity index (χ1n) is 9.70. The van der Waals surface area contributed by atoms with Crippen molar-refractivity contribution in [1.82, 2.24) is 5.32 Å². The number of anilines is 1. The van der Waals surface area contributed by atoms with Crippen LogP contribution in [0, 0.1) is 5.82 Å². The second-order valence-corrected chi connectivity index (χ2v) is 8.24. The molecule has 1 amide bonds. The quantitative estimate of drug-likeness (QED) is 0.574. The van der Waals surface area contributed by atoms with Crippen LogP contribution in [0.25, 0.3) is 6.08 Å². The molecule has 1 aliphatic rings. The van der Waals surface area contributed by atoms with Gasteiger partial charge >= 0.3 is 0 Å². The summed E-state index contributed by atoms with van der Waals surface area (Å²) in [7, 11) is -0.216. The van der Waals surface area contributed by atoms with Gasteiger partial charge in [-0.3, -0.25) is 9.59 Å². The predicted molar refractivity (Wildman–Crippen MR) is 121 cm³/mol. The van der Waals surface area contributed by atoms with E-state index in [-0.39, 0.29) is 16.4 Å². The number of methoxy groups -OCH3 is 1. The maximum atomic E-state index is 13.5. The molecule has 1 heterocycles. The normalized spacial score (nSPS) is 16.2. The van der Waals surface area contributed by atoms with Gasteiger partial charge in [0.2, 0.25) is 5.78 Å². The molecule has 2 N–H and O–H groups in total. The van der Waals surface area contributed by atoms with Crippen molar-refractivity contribution in [2.24, 2.45) is 0 Å². The summed E-state index contributed by atoms with van der Waals surface area (Å²) in [5.74, 6) is -0.567. The van der Waals surface area contributed by atoms with E-state index in [0.717, 1.165) is 11.3 Å². The van der Waals surface area contributed by atoms with Crippen LogP contribution < -0.4 is 14.8 Å². The van der Waals surface area contributed by atoms with E-state index in [4.69, 9.17) is 4.74 Å². The molecule has 4 rings (SSSR count). The van der Waals surface area contributed by atoms with E-state index in [1.807, 2.05) is 12.1 Å². The van der Waals surface area contributed by atoms with Gasteiger partial charge < -0.3 is 14.8 Å². The Morgan fingerprint density at radius 2 is 1.91 bits per heavy atom. The summed E-state index contributed by atoms with van der Waals surface area (Å²) in [6, 6.07) is 17.5. The standard InChI is InChI=1S/C24H19FN2O4S/c1-31-19-8-5-15(6-9-19)14-26-24(29)17-7-10-21-20(13-17)23(28)22(32(30)27-21)12-16-3-2-4-18(25)11-16/h2-13,27H,14H2,1H3,(H,26,29)/b22-12+. The average molecular weight is 450 g/mol. The highest BCUT2D eigenvalue weighted by atomic mass is 32.2. The predicted octanol–water partition coefficient (Wildman–Crippen LogP) is 4.08. The van der Waals surface area contributed by atoms with Gasteiger partial charge in [-0.2, -0.15) is 0 Å². The highest BCUT2D eigenvalue weighted by Gasteiger charge is 2.28. The largest absolute Gasteiger partial charge is 0.497 e. The first-order chi connectivity index (χ1) is 15.4. The zero-order valence-corrected chi connectivity index (χ0v) is 17.9. The number of hydrogen-bond donors (Lipinski definition) is 2. The van der Waals surface area contributed by atoms with Crippen molar-refractivity contribution in [3.8, 4) is 5.75 Å². The number of allylic oxidation sites excluding steroid dienone is 1. The van der Waals surface area contributed by atoms with E-state index in [2.05, 4.69) is 10.0 Å². The molecule has 3 aromatic carbocycles. The molecule has 1 unspecified atom stereocenters. The highest BCUT2D eigenvalue weighted by molar-refractivity contribution is 7.91. The summed E-state index contributed by atoms with van der Waals surface area (Å²) in [5, 5.41) is 2.81. The van der Waals surface area contributed by atoms with E-state index in [1.54, 1.807) is 37.4 Å². The Kier molecular flexibility index (Phi) is 6.13. The summed E-state index contributed by atoms with van der Waals surface area (Å²) in [4.78, 5) is 25.6. The van der Waals surface area contributed by atoms with Crippen LogP contribution in [0.5, 0.6) is 5.75 Å². The minimum absolute atomic E-state index is 0.0149. The van der Waals surface area contributed by atoms with E-state index in [9.17, 15) is 18.2 Å². The molecular formula is C24H19FN2O4S. The third kappa shape index (κ3) is 4.60. The second-order valence-electron chi connectivity index (χ2n) is 7.05. The van der Waals surface area contributed by atoms with Crippen molar-refractivity contribution >= 4 is 34.4 Å². The first kappa shape index (κ1) is 21.5. The van der Waals surface area contributed by atoms with Gasteiger partial charge in [-0.15, -0.1) is 0 Å². The molecule has 1 aliphatic heterocycles. The summed E-state index contributed by atoms with van der Waals surface area (Å²) < 4.78 is 33.9. The molecule has 0 aromatic heterocycles. The van der Waals surface area contributed by atoms with Gasteiger partial charge in [0.1, 0.15) is 16.5 Å². The van der Waals surface area contributed by atoms with Crippen molar-refractivity contribution in [1.29, 1.82) is 0 Å². The Bertz CT molecular complexity index is 1260. The maximum Gasteiger partial charge on any atom is 0.251 e. The number of Topliss-reactive ketones (excluding diaryl/α,β-unsaturated/α-hetero) is 1. The van der Waals surface area contributed by atoms with Crippen LogP contribution >= 0.6 is 0 Å². The molecule has 1 atom stereocenters. The molecule has 0 saturated carbocycles. The lowest BCUT2D eigenvalue weighted by Gasteiger charge is -2.19. The number of nitrogens with one attached hydrogen (secondary N) is 2. The van der Waals surface area contributed by atoms with Crippen molar-refractivity contribution in [3.63, 3.8) is 0 Å². The molecule has 0 radical (unpaired) electrons. The lowest BCUT2D eigenvalue weighted by Crippen LogP contribution is -2.25. The van der Waals surface area contributed by atoms with Crippen LogP contribution in [0.2, 0.25) is 0 Å². The minimum Gasteiger partial charge on any atom is -0.497 e. The number of ether oxygens (including phenoxy) is 1. The van der Waals surface area contributed by atoms with Gasteiger partial charge in [0.15, 0.2) is 11.0 Å². The van der Waals surface area contributed by atoms with Gasteiger partial charge in [-0.05, 0) is 59.7 Å². The molecule has 0 spiro atoms. The fourth-order valence-electron chi connectivity index (χ4n) is 3.23. The number of carbonyl (C=O) groups excluding carboxylic acids is 2. The number of amides is 1. The van der Waals surface area contributed by atoms with E-state index in [1.165, 1.54) is 30.3 Å². The Balaban J connectivity index is 1.54. The third-order valence-electron chi connectivity index (χ3n) is 4.91. The Morgan fingerprint density at radius 1 is 1.12 bits per heavy atom. The van der Waals surface area contributed by atoms with Crippen LogP contribution in [-0.2, 0) is 17.5 Å². The Morgan fingerprint density at radius 3 is 2.62 bits per heavy atom. The minimum atomic E-state index is -1.80. The summed E-state index contributed by atoms with van der Waals surface area (Å²) in [6.45, 7) is 0.306. The van der Waals surface area contributed by atoms with E-state index < -0.39 is 22.6 Å². The lowest BCUT2D eigenvalue weighted by molar-refractivity contribution is 0.0951. The number of ketones is 1. The smallest absolute Gasteiger partial charge is 0.251 e. The van der Waals surface area contributed by atoms with Gasteiger partial charge in [-0.25, -0.2) is 8.60 Å². The summed E-state index contributed by atoms with van der Waals surface area (Å²) in [5.41, 5.74) is 2.21. The molecule has 32 heavy (non-hydrogen) atoms. The number of carbonyl (C=O) groups is 2. The monoisotopic (exact) mass is 450 g/mol. The number of hydrogen-bond acceptors (Lipinski definition) is 4. The van der Waals surface area contributed by atoms with Gasteiger partial charge in [0, 0.05) is 17.7 Å². The van der Waals surface area contributed by atoms with Crippen molar-refractivity contribution in [2.45, 2.75) is 6.54 Å². The Labute approximate surface area is 186 Å². The van der Waals surface area contributed by atoms with Crippen LogP contribution in [0.15, 0.2) is 71.6 Å². The average Bonchev–Trinajstić information content (AvgIpc) is 2.80. The number of benzene rings is 3. The van der Waals surface area contributed by atoms with E-state index in [0.29, 0.717) is 23.4 Å². The van der Waals surface area contributed by atoms with Gasteiger partial charge in [0.05, 0.1) is 12.8 Å². The molecule has 8 heteroatoms. The summed E-state index contributed by atoms with van der Waals surface area (Å²) in [6.07, 6.45) is 1.38. The van der Waals surface area contributed by atoms with Crippen LogP contribution in [0.1, 0.15) is 31.8 Å². The first-order valence-corrected chi connectivity index (χ1v) is 10.8. The molecule has 3 aromatic rings. The highest BCUT2D eigenvalue weighted by Crippen LogP contribution is 2.29. The fraction of sp³-hybridized carbons (Fsp3) is 0.0833. The zero-order valence-electron chi connectivity index (χ0n) is 17.1. The Hall–Kier alpha value is -3.78. The summed E-state index contributed by atoms with van der Waals surface area (Å²) >= 11 is 0. The third-order valence-corrected chi connectivity index (χ3v) is 6.02. The molecule has 0 saturated heterocycles. The molecule has 6 nitrogen and oxygen atoms in total. The van der Waals surface area contributed by atoms with E-state index >= 15 is 0 Å². The second kappa shape index (κ2) is 9.15. The number of rotatable bonds is 5. The lowest BCUT2D eigenvalue weighted by atomic mass is 10.0. The zero-order chi connectivity index (χ0) is 22.7. The SMILES string of the molecule is COc1ccc(CNC(=O)c2ccc3c(c2)C(=O)/C(=C\c2cccc(F)c2)S(=O)N3)cc1. The molecule has 162 valence electrons. The molecule has 0 bridgehead atoms. The fourth-order valence-corrected chi connectivity index (χ4v) is 4.24. The van der Waals surface area contributed by atoms with Crippen LogP contribution in [0.4, 0.5) is 10.1 Å². The molecular weight excluding hydrogens is 431 g/mol. The van der Waals surface area contributed by atoms with Crippen molar-refractivity contribution in [3.05, 3.63) is 99.7 Å². The molecule has 0 fully saturated rings. The maximum absolute atomic E-state index is 13.5. The van der Waals surface area contributed by atoms with Gasteiger partial charge in [0.25, 0.3) is 5.91 Å².